The molecule has 1 unspecified atom stereocenters. The molecule has 4 fully saturated rings. The van der Waals surface area contributed by atoms with Gasteiger partial charge in [-0.25, -0.2) is 4.79 Å². The molecule has 4 aliphatic heterocycles. The van der Waals surface area contributed by atoms with Crippen molar-refractivity contribution in [1.29, 1.82) is 0 Å². The fraction of sp³-hybridized carbons (Fsp3) is 0.696. The van der Waals surface area contributed by atoms with Crippen LogP contribution in [-0.4, -0.2) is 172 Å². The van der Waals surface area contributed by atoms with Crippen LogP contribution in [0.4, 0.5) is 0 Å². The molecule has 1 spiro atoms. The number of cyclic esters (lactones) is 2. The predicted molar refractivity (Wildman–Crippen MR) is 282 cm³/mol. The number of esters is 2. The molecular weight excluding hydrogens is 979 g/mol. The van der Waals surface area contributed by atoms with Gasteiger partial charge in [-0.1, -0.05) is 80.5 Å². The zero-order valence-corrected chi connectivity index (χ0v) is 46.8. The number of nitrogens with zero attached hydrogens (tertiary/aromatic N) is 4. The van der Waals surface area contributed by atoms with Crippen LogP contribution in [0.15, 0.2) is 36.4 Å². The van der Waals surface area contributed by atoms with E-state index >= 15 is 4.79 Å². The Bertz CT molecular complexity index is 2310. The Morgan fingerprint density at radius 3 is 2.16 bits per heavy atom. The highest BCUT2D eigenvalue weighted by Gasteiger charge is 2.57. The van der Waals surface area contributed by atoms with E-state index in [1.54, 1.807) is 56.9 Å². The summed E-state index contributed by atoms with van der Waals surface area (Å²) in [6, 6.07) is -0.655. The maximum Gasteiger partial charge on any atom is 0.329 e. The lowest BCUT2D eigenvalue weighted by Gasteiger charge is -2.37. The van der Waals surface area contributed by atoms with Crippen LogP contribution in [-0.2, 0) is 59.0 Å². The fourth-order valence-electron chi connectivity index (χ4n) is 11.1. The van der Waals surface area contributed by atoms with E-state index in [4.69, 9.17) is 14.2 Å². The summed E-state index contributed by atoms with van der Waals surface area (Å²) >= 11 is 0. The highest BCUT2D eigenvalue weighted by Crippen LogP contribution is 2.41. The Hall–Kier alpha value is -6.05. The Morgan fingerprint density at radius 1 is 0.895 bits per heavy atom. The average Bonchev–Trinajstić information content (AvgIpc) is 4.12. The van der Waals surface area contributed by atoms with E-state index in [-0.39, 0.29) is 68.5 Å². The van der Waals surface area contributed by atoms with E-state index < -0.39 is 126 Å². The molecule has 4 aliphatic rings. The van der Waals surface area contributed by atoms with Crippen LogP contribution < -0.4 is 20.7 Å². The number of rotatable bonds is 14. The maximum absolute atomic E-state index is 15.0. The minimum Gasteiger partial charge on any atom is -0.497 e. The van der Waals surface area contributed by atoms with Gasteiger partial charge in [-0.3, -0.25) is 38.4 Å². The Kier molecular flexibility index (Phi) is 21.1. The third-order valence-corrected chi connectivity index (χ3v) is 15.5. The summed E-state index contributed by atoms with van der Waals surface area (Å²) in [6.07, 6.45) is -2.52. The van der Waals surface area contributed by atoms with E-state index in [2.05, 4.69) is 22.5 Å². The average molecular weight is 1060 g/mol. The molecule has 20 heteroatoms. The SMILES string of the molecule is C=C(C)C(=O)N1CCCC12CCN([C@H](CC(C)C)C(=O)N[C@@H]1C(=O)N[C@H]([C@@H](C)CC)[C@@H](O)CC(=O)O[C@@H](C(C)C)C(=O)N[C@@H](CC(C)C)C(=O)N3CCC[C@H]3C(=O)N(C)[C@@H](Cc3ccc(OC)cc3)C(=O)O[C@@H]1C)C2=O. The second kappa shape index (κ2) is 26.3. The molecule has 20 nitrogen and oxygen atoms in total. The molecule has 422 valence electrons. The van der Waals surface area contributed by atoms with Gasteiger partial charge in [0, 0.05) is 38.7 Å². The molecule has 1 aromatic carbocycles. The summed E-state index contributed by atoms with van der Waals surface area (Å²) in [5, 5.41) is 20.3. The lowest BCUT2D eigenvalue weighted by molar-refractivity contribution is -0.162. The molecule has 11 atom stereocenters. The third kappa shape index (κ3) is 14.1. The lowest BCUT2D eigenvalue weighted by atomic mass is 9.92. The Morgan fingerprint density at radius 2 is 1.57 bits per heavy atom. The van der Waals surface area contributed by atoms with E-state index in [1.807, 2.05) is 34.6 Å². The molecule has 4 N–H and O–H groups in total. The minimum absolute atomic E-state index is 0.0825. The standard InChI is InChI=1S/C56H85N7O13/c1-14-35(10)45-43(64)30-44(65)76-47(33(6)7)50(68)57-39(27-31(2)3)52(70)61-24-15-17-40(61)53(71)60(12)42(29-37-18-20-38(74-13)21-19-37)54(72)75-36(11)46(49(67)58-45)59-48(66)41(28-32(4)5)62-26-23-56(55(62)73)22-16-25-63(56)51(69)34(8)9/h18-21,31-33,35-36,39-43,45-47,64H,8,14-17,22-30H2,1-7,9-13H3,(H,57,68)(H,58,67)(H,59,66)/t35-,36+,39-,40-,41+,42-,43-,45+,46-,47-,56?/m0/s1. The zero-order valence-electron chi connectivity index (χ0n) is 46.8. The number of ether oxygens (including phenoxy) is 3. The topological polar surface area (TPSA) is 251 Å². The molecule has 0 radical (unpaired) electrons. The quantitative estimate of drug-likeness (QED) is 0.154. The van der Waals surface area contributed by atoms with Gasteiger partial charge in [-0.15, -0.1) is 0 Å². The first-order chi connectivity index (χ1) is 35.8. The highest BCUT2D eigenvalue weighted by atomic mass is 16.6. The smallest absolute Gasteiger partial charge is 0.329 e. The fourth-order valence-corrected chi connectivity index (χ4v) is 11.1. The van der Waals surface area contributed by atoms with Crippen molar-refractivity contribution < 1.29 is 62.5 Å². The molecule has 76 heavy (non-hydrogen) atoms. The summed E-state index contributed by atoms with van der Waals surface area (Å²) in [6.45, 7) is 21.9. The molecule has 0 bridgehead atoms. The number of methoxy groups -OCH3 is 1. The molecule has 0 aromatic heterocycles. The summed E-state index contributed by atoms with van der Waals surface area (Å²) in [5.41, 5.74) is -0.285. The van der Waals surface area contributed by atoms with Crippen LogP contribution in [0.5, 0.6) is 5.75 Å². The summed E-state index contributed by atoms with van der Waals surface area (Å²) in [5.74, 6) is -6.90. The van der Waals surface area contributed by atoms with Gasteiger partial charge in [0.25, 0.3) is 5.91 Å². The molecule has 4 heterocycles. The first-order valence-electron chi connectivity index (χ1n) is 27.2. The number of fused-ring (bicyclic) bond motifs is 1. The summed E-state index contributed by atoms with van der Waals surface area (Å²) < 4.78 is 17.3. The first kappa shape index (κ1) is 60.8. The van der Waals surface area contributed by atoms with Gasteiger partial charge in [0.15, 0.2) is 6.10 Å². The zero-order chi connectivity index (χ0) is 56.5. The Labute approximate surface area is 448 Å². The lowest BCUT2D eigenvalue weighted by Crippen LogP contribution is -2.62. The van der Waals surface area contributed by atoms with Crippen molar-refractivity contribution in [2.75, 3.05) is 33.8 Å². The molecule has 0 saturated carbocycles. The maximum atomic E-state index is 15.0. The summed E-state index contributed by atoms with van der Waals surface area (Å²) in [7, 11) is 2.94. The van der Waals surface area contributed by atoms with E-state index in [9.17, 15) is 43.5 Å². The van der Waals surface area contributed by atoms with Crippen molar-refractivity contribution in [3.63, 3.8) is 0 Å². The van der Waals surface area contributed by atoms with Gasteiger partial charge in [0.05, 0.1) is 25.7 Å². The number of likely N-dealkylation sites (tertiary alicyclic amines) is 2. The van der Waals surface area contributed by atoms with Gasteiger partial charge >= 0.3 is 11.9 Å². The minimum atomic E-state index is -1.69. The van der Waals surface area contributed by atoms with E-state index in [0.29, 0.717) is 43.5 Å². The molecule has 1 aromatic rings. The number of hydrogen-bond acceptors (Lipinski definition) is 13. The largest absolute Gasteiger partial charge is 0.497 e. The first-order valence-corrected chi connectivity index (χ1v) is 27.2. The van der Waals surface area contributed by atoms with Crippen LogP contribution in [0.3, 0.4) is 0 Å². The molecular formula is C56H85N7O13. The van der Waals surface area contributed by atoms with Crippen molar-refractivity contribution in [1.82, 2.24) is 35.6 Å². The van der Waals surface area contributed by atoms with Crippen molar-refractivity contribution in [3.8, 4) is 5.75 Å². The number of carbonyl (C=O) groups excluding carboxylic acids is 9. The van der Waals surface area contributed by atoms with Gasteiger partial charge in [-0.2, -0.15) is 0 Å². The van der Waals surface area contributed by atoms with Crippen molar-refractivity contribution in [3.05, 3.63) is 42.0 Å². The molecule has 4 saturated heterocycles. The van der Waals surface area contributed by atoms with Crippen LogP contribution in [0.25, 0.3) is 0 Å². The number of carbonyl (C=O) groups is 9. The van der Waals surface area contributed by atoms with Crippen LogP contribution in [0.1, 0.15) is 133 Å². The number of benzene rings is 1. The number of aliphatic hydroxyl groups is 1. The number of likely N-dealkylation sites (N-methyl/N-ethyl adjacent to an activating group) is 1. The number of hydrogen-bond donors (Lipinski definition) is 4. The summed E-state index contributed by atoms with van der Waals surface area (Å²) in [4.78, 5) is 136. The molecule has 0 aliphatic carbocycles. The highest BCUT2D eigenvalue weighted by molar-refractivity contribution is 6.01. The Balaban J connectivity index is 1.61. The van der Waals surface area contributed by atoms with Gasteiger partial charge in [0.1, 0.15) is 47.6 Å². The monoisotopic (exact) mass is 1060 g/mol. The van der Waals surface area contributed by atoms with E-state index in [0.717, 1.165) is 0 Å². The van der Waals surface area contributed by atoms with Gasteiger partial charge in [0.2, 0.25) is 35.4 Å². The van der Waals surface area contributed by atoms with Crippen LogP contribution in [0.2, 0.25) is 0 Å². The molecule has 5 rings (SSSR count). The van der Waals surface area contributed by atoms with Crippen molar-refractivity contribution in [2.45, 2.75) is 194 Å². The second-order valence-corrected chi connectivity index (χ2v) is 22.6. The van der Waals surface area contributed by atoms with Crippen molar-refractivity contribution in [2.24, 2.45) is 23.7 Å². The van der Waals surface area contributed by atoms with Crippen LogP contribution >= 0.6 is 0 Å². The molecule has 7 amide bonds. The van der Waals surface area contributed by atoms with Crippen LogP contribution in [0, 0.1) is 23.7 Å². The number of amides is 7. The predicted octanol–water partition coefficient (Wildman–Crippen LogP) is 3.45. The number of nitrogens with one attached hydrogen (secondary N) is 3. The third-order valence-electron chi connectivity index (χ3n) is 15.5. The number of aliphatic hydroxyl groups excluding tert-OH is 1. The second-order valence-electron chi connectivity index (χ2n) is 22.6. The van der Waals surface area contributed by atoms with Gasteiger partial charge < -0.3 is 54.9 Å². The normalized spacial score (nSPS) is 28.5. The van der Waals surface area contributed by atoms with Gasteiger partial charge in [-0.05, 0) is 100 Å². The van der Waals surface area contributed by atoms with E-state index in [1.165, 1.54) is 35.8 Å². The van der Waals surface area contributed by atoms with Crippen molar-refractivity contribution >= 4 is 53.3 Å².